The zero-order chi connectivity index (χ0) is 11.3. The molecule has 3 aliphatic carbocycles. The molecule has 0 aromatic carbocycles. The summed E-state index contributed by atoms with van der Waals surface area (Å²) in [6.07, 6.45) is 8.64. The summed E-state index contributed by atoms with van der Waals surface area (Å²) in [5, 5.41) is 2.52. The molecule has 4 atom stereocenters. The Morgan fingerprint density at radius 1 is 1.44 bits per heavy atom. The Kier molecular flexibility index (Phi) is 2.00. The smallest absolute Gasteiger partial charge is 0.231 e. The minimum atomic E-state index is -0.0799. The molecule has 2 fully saturated rings. The minimum absolute atomic E-state index is 0.0234. The molecule has 4 unspecified atom stereocenters. The van der Waals surface area contributed by atoms with Crippen LogP contribution in [0, 0.1) is 23.2 Å². The van der Waals surface area contributed by atoms with Crippen LogP contribution in [0.5, 0.6) is 0 Å². The van der Waals surface area contributed by atoms with Gasteiger partial charge < -0.3 is 0 Å². The fourth-order valence-corrected chi connectivity index (χ4v) is 3.98. The minimum Gasteiger partial charge on any atom is -0.296 e. The number of hydrogen-bond acceptors (Lipinski definition) is 2. The van der Waals surface area contributed by atoms with Gasteiger partial charge in [-0.2, -0.15) is 0 Å². The Morgan fingerprint density at radius 3 is 2.88 bits per heavy atom. The van der Waals surface area contributed by atoms with Crippen LogP contribution < -0.4 is 5.32 Å². The fraction of sp³-hybridized carbons (Fsp3) is 0.692. The van der Waals surface area contributed by atoms with E-state index in [-0.39, 0.29) is 29.1 Å². The van der Waals surface area contributed by atoms with Gasteiger partial charge in [-0.05, 0) is 25.2 Å². The molecular weight excluding hydrogens is 202 g/mol. The molecule has 1 N–H and O–H groups in total. The summed E-state index contributed by atoms with van der Waals surface area (Å²) < 4.78 is 0. The van der Waals surface area contributed by atoms with Gasteiger partial charge in [0.15, 0.2) is 0 Å². The molecule has 0 radical (unpaired) electrons. The quantitative estimate of drug-likeness (QED) is 0.567. The summed E-state index contributed by atoms with van der Waals surface area (Å²) in [7, 11) is 0. The maximum absolute atomic E-state index is 11.9. The van der Waals surface area contributed by atoms with Crippen molar-refractivity contribution >= 4 is 11.8 Å². The number of imide groups is 1. The average molecular weight is 219 g/mol. The summed E-state index contributed by atoms with van der Waals surface area (Å²) in [4.78, 5) is 23.7. The number of allylic oxidation sites excluding steroid dienone is 2. The molecule has 2 amide bonds. The van der Waals surface area contributed by atoms with Crippen molar-refractivity contribution in [3.8, 4) is 0 Å². The molecule has 0 aromatic rings. The first-order valence-corrected chi connectivity index (χ1v) is 6.22. The number of hydrogen-bond donors (Lipinski definition) is 1. The van der Waals surface area contributed by atoms with E-state index >= 15 is 0 Å². The highest BCUT2D eigenvalue weighted by molar-refractivity contribution is 6.06. The van der Waals surface area contributed by atoms with Gasteiger partial charge in [-0.3, -0.25) is 14.9 Å². The fourth-order valence-electron chi connectivity index (χ4n) is 3.98. The molecular formula is C13H17NO2. The summed E-state index contributed by atoms with van der Waals surface area (Å²) in [5.41, 5.74) is -0.0234. The first kappa shape index (κ1) is 10.1. The highest BCUT2D eigenvalue weighted by atomic mass is 16.2. The van der Waals surface area contributed by atoms with Crippen molar-refractivity contribution in [2.75, 3.05) is 0 Å². The van der Waals surface area contributed by atoms with Crippen LogP contribution in [0.4, 0.5) is 0 Å². The van der Waals surface area contributed by atoms with E-state index in [0.717, 1.165) is 25.7 Å². The molecule has 1 saturated heterocycles. The van der Waals surface area contributed by atoms with Crippen molar-refractivity contribution in [3.63, 3.8) is 0 Å². The van der Waals surface area contributed by atoms with Gasteiger partial charge in [0, 0.05) is 5.41 Å². The number of rotatable bonds is 2. The summed E-state index contributed by atoms with van der Waals surface area (Å²) in [6.45, 7) is 2.15. The lowest BCUT2D eigenvalue weighted by Gasteiger charge is -2.48. The summed E-state index contributed by atoms with van der Waals surface area (Å²) in [5.74, 6) is 0.0821. The second-order valence-corrected chi connectivity index (χ2v) is 5.40. The number of nitrogens with one attached hydrogen (secondary N) is 1. The van der Waals surface area contributed by atoms with Crippen LogP contribution in [0.3, 0.4) is 0 Å². The summed E-state index contributed by atoms with van der Waals surface area (Å²) in [6, 6.07) is 0. The van der Waals surface area contributed by atoms with E-state index in [0.29, 0.717) is 5.92 Å². The Hall–Kier alpha value is -1.12. The van der Waals surface area contributed by atoms with Crippen LogP contribution >= 0.6 is 0 Å². The van der Waals surface area contributed by atoms with Crippen LogP contribution in [0.15, 0.2) is 12.2 Å². The van der Waals surface area contributed by atoms with Crippen LogP contribution in [-0.4, -0.2) is 11.8 Å². The Morgan fingerprint density at radius 2 is 2.25 bits per heavy atom. The average Bonchev–Trinajstić information content (AvgIpc) is 2.59. The molecule has 86 valence electrons. The molecule has 16 heavy (non-hydrogen) atoms. The Labute approximate surface area is 95.3 Å². The van der Waals surface area contributed by atoms with E-state index < -0.39 is 0 Å². The predicted molar refractivity (Wildman–Crippen MR) is 59.3 cm³/mol. The summed E-state index contributed by atoms with van der Waals surface area (Å²) >= 11 is 0. The van der Waals surface area contributed by atoms with Gasteiger partial charge in [0.1, 0.15) is 0 Å². The first-order valence-electron chi connectivity index (χ1n) is 6.22. The van der Waals surface area contributed by atoms with Gasteiger partial charge in [-0.1, -0.05) is 25.5 Å². The Bertz CT molecular complexity index is 387. The maximum Gasteiger partial charge on any atom is 0.231 e. The third-order valence-corrected chi connectivity index (χ3v) is 4.61. The van der Waals surface area contributed by atoms with Crippen molar-refractivity contribution in [2.45, 2.75) is 32.6 Å². The van der Waals surface area contributed by atoms with E-state index in [1.165, 1.54) is 0 Å². The normalized spacial score (nSPS) is 44.7. The molecule has 2 bridgehead atoms. The van der Waals surface area contributed by atoms with Crippen molar-refractivity contribution in [1.82, 2.24) is 5.32 Å². The van der Waals surface area contributed by atoms with Crippen LogP contribution in [0.2, 0.25) is 0 Å². The van der Waals surface area contributed by atoms with Crippen molar-refractivity contribution < 1.29 is 9.59 Å². The second-order valence-electron chi connectivity index (χ2n) is 5.40. The van der Waals surface area contributed by atoms with Gasteiger partial charge >= 0.3 is 0 Å². The van der Waals surface area contributed by atoms with Crippen molar-refractivity contribution in [3.05, 3.63) is 12.2 Å². The lowest BCUT2D eigenvalue weighted by molar-refractivity contribution is -0.129. The molecule has 0 aromatic heterocycles. The van der Waals surface area contributed by atoms with Crippen LogP contribution in [0.1, 0.15) is 32.6 Å². The molecule has 4 rings (SSSR count). The SMILES string of the molecule is CCCC12C=CC(CC1)C1C(=O)NC(=O)C12. The lowest BCUT2D eigenvalue weighted by Crippen LogP contribution is -2.46. The predicted octanol–water partition coefficient (Wildman–Crippen LogP) is 1.64. The Balaban J connectivity index is 2.05. The zero-order valence-electron chi connectivity index (χ0n) is 9.53. The molecule has 3 heteroatoms. The van der Waals surface area contributed by atoms with Gasteiger partial charge in [0.2, 0.25) is 11.8 Å². The second kappa shape index (κ2) is 3.19. The molecule has 1 aliphatic heterocycles. The van der Waals surface area contributed by atoms with E-state index in [1.54, 1.807) is 0 Å². The number of carbonyl (C=O) groups excluding carboxylic acids is 2. The maximum atomic E-state index is 11.9. The van der Waals surface area contributed by atoms with E-state index in [9.17, 15) is 9.59 Å². The first-order chi connectivity index (χ1) is 7.68. The van der Waals surface area contributed by atoms with E-state index in [1.807, 2.05) is 0 Å². The van der Waals surface area contributed by atoms with E-state index in [4.69, 9.17) is 0 Å². The zero-order valence-corrected chi connectivity index (χ0v) is 9.53. The number of amides is 2. The molecule has 4 aliphatic rings. The third kappa shape index (κ3) is 1.09. The number of fused-ring (bicyclic) bond motifs is 1. The van der Waals surface area contributed by atoms with Gasteiger partial charge in [0.05, 0.1) is 11.8 Å². The van der Waals surface area contributed by atoms with Gasteiger partial charge in [-0.25, -0.2) is 0 Å². The topological polar surface area (TPSA) is 46.2 Å². The van der Waals surface area contributed by atoms with Gasteiger partial charge in [-0.15, -0.1) is 0 Å². The van der Waals surface area contributed by atoms with Crippen molar-refractivity contribution in [1.29, 1.82) is 0 Å². The molecule has 0 spiro atoms. The highest BCUT2D eigenvalue weighted by Gasteiger charge is 2.59. The number of carbonyl (C=O) groups is 2. The third-order valence-electron chi connectivity index (χ3n) is 4.61. The monoisotopic (exact) mass is 219 g/mol. The van der Waals surface area contributed by atoms with Crippen LogP contribution in [0.25, 0.3) is 0 Å². The standard InChI is InChI=1S/C13H17NO2/c1-2-5-13-6-3-8(4-7-13)9-10(13)12(16)14-11(9)15/h3,6,8-10H,2,4-5,7H2,1H3,(H,14,15,16). The largest absolute Gasteiger partial charge is 0.296 e. The lowest BCUT2D eigenvalue weighted by atomic mass is 9.53. The van der Waals surface area contributed by atoms with Gasteiger partial charge in [0.25, 0.3) is 0 Å². The highest BCUT2D eigenvalue weighted by Crippen LogP contribution is 2.56. The molecule has 3 nitrogen and oxygen atoms in total. The molecule has 1 heterocycles. The molecule has 1 saturated carbocycles. The van der Waals surface area contributed by atoms with E-state index in [2.05, 4.69) is 24.4 Å². The van der Waals surface area contributed by atoms with Crippen molar-refractivity contribution in [2.24, 2.45) is 23.2 Å². The van der Waals surface area contributed by atoms with Crippen LogP contribution in [-0.2, 0) is 9.59 Å².